The lowest BCUT2D eigenvalue weighted by Crippen LogP contribution is -2.06. The fourth-order valence-electron chi connectivity index (χ4n) is 1.48. The zero-order valence-corrected chi connectivity index (χ0v) is 9.66. The Bertz CT molecular complexity index is 588. The van der Waals surface area contributed by atoms with E-state index < -0.39 is 17.6 Å². The third-order valence-corrected chi connectivity index (χ3v) is 2.43. The van der Waals surface area contributed by atoms with E-state index in [1.54, 1.807) is 30.3 Å². The van der Waals surface area contributed by atoms with Gasteiger partial charge in [0.15, 0.2) is 0 Å². The maximum absolute atomic E-state index is 13.4. The summed E-state index contributed by atoms with van der Waals surface area (Å²) in [6, 6.07) is 10.8. The fraction of sp³-hybridized carbons (Fsp3) is 0.0714. The molecule has 0 unspecified atom stereocenters. The molecule has 0 spiro atoms. The third-order valence-electron chi connectivity index (χ3n) is 2.43. The summed E-state index contributed by atoms with van der Waals surface area (Å²) in [4.78, 5) is 3.93. The topological polar surface area (TPSA) is 12.4 Å². The van der Waals surface area contributed by atoms with Crippen LogP contribution in [0.2, 0.25) is 0 Å². The average molecular weight is 267 g/mol. The third kappa shape index (κ3) is 3.40. The summed E-state index contributed by atoms with van der Waals surface area (Å²) in [5.74, 6) is -0.743. The van der Waals surface area contributed by atoms with Crippen molar-refractivity contribution in [3.05, 3.63) is 65.5 Å². The quantitative estimate of drug-likeness (QED) is 0.557. The number of rotatable bonds is 2. The van der Waals surface area contributed by atoms with Crippen LogP contribution in [0.5, 0.6) is 0 Å². The Labute approximate surface area is 107 Å². The van der Waals surface area contributed by atoms with Gasteiger partial charge in [-0.2, -0.15) is 13.2 Å². The summed E-state index contributed by atoms with van der Waals surface area (Å²) >= 11 is 0. The molecule has 0 saturated carbocycles. The molecule has 2 rings (SSSR count). The molecule has 0 aliphatic rings. The molecule has 0 heterocycles. The summed E-state index contributed by atoms with van der Waals surface area (Å²) < 4.78 is 50.9. The number of para-hydroxylation sites is 1. The number of benzene rings is 2. The molecule has 0 amide bonds. The zero-order valence-electron chi connectivity index (χ0n) is 9.66. The van der Waals surface area contributed by atoms with E-state index in [9.17, 15) is 17.6 Å². The molecule has 0 bridgehead atoms. The molecule has 0 N–H and O–H groups in total. The smallest absolute Gasteiger partial charge is 0.256 e. The van der Waals surface area contributed by atoms with E-state index >= 15 is 0 Å². The largest absolute Gasteiger partial charge is 0.416 e. The van der Waals surface area contributed by atoms with Crippen LogP contribution in [-0.2, 0) is 6.18 Å². The number of halogens is 4. The van der Waals surface area contributed by atoms with Crippen LogP contribution >= 0.6 is 0 Å². The van der Waals surface area contributed by atoms with Gasteiger partial charge in [0.25, 0.3) is 0 Å². The van der Waals surface area contributed by atoms with Crippen LogP contribution in [-0.4, -0.2) is 6.21 Å². The second-order valence-corrected chi connectivity index (χ2v) is 3.83. The van der Waals surface area contributed by atoms with Crippen LogP contribution in [0.15, 0.2) is 53.5 Å². The first kappa shape index (κ1) is 13.3. The van der Waals surface area contributed by atoms with E-state index in [0.717, 1.165) is 18.3 Å². The summed E-state index contributed by atoms with van der Waals surface area (Å²) in [6.07, 6.45) is -3.41. The zero-order chi connectivity index (χ0) is 13.9. The SMILES string of the molecule is Fc1ccc(C(F)(F)F)cc1C=Nc1ccccc1. The van der Waals surface area contributed by atoms with Gasteiger partial charge >= 0.3 is 6.18 Å². The number of alkyl halides is 3. The van der Waals surface area contributed by atoms with E-state index in [1.165, 1.54) is 0 Å². The molecular weight excluding hydrogens is 258 g/mol. The van der Waals surface area contributed by atoms with Crippen molar-refractivity contribution in [1.29, 1.82) is 0 Å². The Morgan fingerprint density at radius 1 is 0.947 bits per heavy atom. The van der Waals surface area contributed by atoms with Crippen LogP contribution in [0, 0.1) is 5.82 Å². The number of hydrogen-bond acceptors (Lipinski definition) is 1. The first-order valence-corrected chi connectivity index (χ1v) is 5.43. The van der Waals surface area contributed by atoms with Gasteiger partial charge in [0.2, 0.25) is 0 Å². The molecule has 0 saturated heterocycles. The molecule has 0 aliphatic carbocycles. The molecule has 2 aromatic rings. The molecule has 0 fully saturated rings. The molecule has 0 aliphatic heterocycles. The van der Waals surface area contributed by atoms with Crippen molar-refractivity contribution in [2.45, 2.75) is 6.18 Å². The predicted octanol–water partition coefficient (Wildman–Crippen LogP) is 4.60. The van der Waals surface area contributed by atoms with Gasteiger partial charge in [0.1, 0.15) is 5.82 Å². The van der Waals surface area contributed by atoms with Gasteiger partial charge in [0.05, 0.1) is 11.3 Å². The molecule has 2 aromatic carbocycles. The minimum atomic E-state index is -4.50. The Kier molecular flexibility index (Phi) is 3.64. The maximum atomic E-state index is 13.4. The van der Waals surface area contributed by atoms with Crippen molar-refractivity contribution >= 4 is 11.9 Å². The maximum Gasteiger partial charge on any atom is 0.416 e. The van der Waals surface area contributed by atoms with Gasteiger partial charge in [-0.1, -0.05) is 18.2 Å². The van der Waals surface area contributed by atoms with Crippen LogP contribution in [0.1, 0.15) is 11.1 Å². The van der Waals surface area contributed by atoms with Gasteiger partial charge < -0.3 is 0 Å². The monoisotopic (exact) mass is 267 g/mol. The molecule has 0 atom stereocenters. The van der Waals surface area contributed by atoms with Crippen molar-refractivity contribution in [3.8, 4) is 0 Å². The Morgan fingerprint density at radius 3 is 2.26 bits per heavy atom. The summed E-state index contributed by atoms with van der Waals surface area (Å²) in [7, 11) is 0. The van der Waals surface area contributed by atoms with Gasteiger partial charge in [0, 0.05) is 11.8 Å². The van der Waals surface area contributed by atoms with E-state index in [-0.39, 0.29) is 5.56 Å². The number of aliphatic imine (C=N–C) groups is 1. The average Bonchev–Trinajstić information content (AvgIpc) is 2.37. The van der Waals surface area contributed by atoms with Crippen LogP contribution in [0.4, 0.5) is 23.2 Å². The number of nitrogens with zero attached hydrogens (tertiary/aromatic N) is 1. The van der Waals surface area contributed by atoms with Gasteiger partial charge in [-0.25, -0.2) is 4.39 Å². The standard InChI is InChI=1S/C14H9F4N/c15-13-7-6-11(14(16,17)18)8-10(13)9-19-12-4-2-1-3-5-12/h1-9H. The molecule has 0 aromatic heterocycles. The van der Waals surface area contributed by atoms with Gasteiger partial charge in [-0.15, -0.1) is 0 Å². The molecule has 98 valence electrons. The predicted molar refractivity (Wildman–Crippen MR) is 65.1 cm³/mol. The highest BCUT2D eigenvalue weighted by atomic mass is 19.4. The fourth-order valence-corrected chi connectivity index (χ4v) is 1.48. The van der Waals surface area contributed by atoms with Gasteiger partial charge in [-0.05, 0) is 30.3 Å². The first-order chi connectivity index (χ1) is 8.97. The Morgan fingerprint density at radius 2 is 1.63 bits per heavy atom. The minimum absolute atomic E-state index is 0.196. The molecule has 5 heteroatoms. The Hall–Kier alpha value is -2.17. The van der Waals surface area contributed by atoms with E-state index in [4.69, 9.17) is 0 Å². The summed E-state index contributed by atoms with van der Waals surface area (Å²) in [6.45, 7) is 0. The molecular formula is C14H9F4N. The Balaban J connectivity index is 2.32. The lowest BCUT2D eigenvalue weighted by atomic mass is 10.1. The highest BCUT2D eigenvalue weighted by Crippen LogP contribution is 2.30. The highest BCUT2D eigenvalue weighted by molar-refractivity contribution is 5.82. The van der Waals surface area contributed by atoms with Crippen molar-refractivity contribution in [3.63, 3.8) is 0 Å². The second-order valence-electron chi connectivity index (χ2n) is 3.83. The van der Waals surface area contributed by atoms with Crippen LogP contribution in [0.3, 0.4) is 0 Å². The van der Waals surface area contributed by atoms with E-state index in [0.29, 0.717) is 11.8 Å². The summed E-state index contributed by atoms with van der Waals surface area (Å²) in [5, 5.41) is 0. The van der Waals surface area contributed by atoms with E-state index in [2.05, 4.69) is 4.99 Å². The molecule has 19 heavy (non-hydrogen) atoms. The normalized spacial score (nSPS) is 12.0. The van der Waals surface area contributed by atoms with Crippen molar-refractivity contribution in [1.82, 2.24) is 0 Å². The second kappa shape index (κ2) is 5.22. The van der Waals surface area contributed by atoms with Crippen molar-refractivity contribution in [2.24, 2.45) is 4.99 Å². The van der Waals surface area contributed by atoms with Crippen molar-refractivity contribution < 1.29 is 17.6 Å². The molecule has 1 nitrogen and oxygen atoms in total. The first-order valence-electron chi connectivity index (χ1n) is 5.43. The number of hydrogen-bond donors (Lipinski definition) is 0. The van der Waals surface area contributed by atoms with Crippen molar-refractivity contribution in [2.75, 3.05) is 0 Å². The van der Waals surface area contributed by atoms with E-state index in [1.807, 2.05) is 0 Å². The summed E-state index contributed by atoms with van der Waals surface area (Å²) in [5.41, 5.74) is -0.554. The lowest BCUT2D eigenvalue weighted by Gasteiger charge is -2.07. The molecule has 0 radical (unpaired) electrons. The van der Waals surface area contributed by atoms with Gasteiger partial charge in [-0.3, -0.25) is 4.99 Å². The lowest BCUT2D eigenvalue weighted by molar-refractivity contribution is -0.137. The highest BCUT2D eigenvalue weighted by Gasteiger charge is 2.30. The van der Waals surface area contributed by atoms with Crippen LogP contribution < -0.4 is 0 Å². The minimum Gasteiger partial charge on any atom is -0.256 e. The van der Waals surface area contributed by atoms with Crippen LogP contribution in [0.25, 0.3) is 0 Å².